The summed E-state index contributed by atoms with van der Waals surface area (Å²) >= 11 is 0. The summed E-state index contributed by atoms with van der Waals surface area (Å²) in [6.45, 7) is -1.55. The van der Waals surface area contributed by atoms with Crippen molar-refractivity contribution in [3.05, 3.63) is 17.7 Å². The molecule has 19 heavy (non-hydrogen) atoms. The standard InChI is InChI=1S/C10H11F5N4/c1-18(16)7-3-2-6(10(13,14)15)8(17-7)19-4-9(11,12)5-19/h2-3H,4-5,16H2,1H3. The van der Waals surface area contributed by atoms with E-state index in [1.807, 2.05) is 0 Å². The van der Waals surface area contributed by atoms with Crippen LogP contribution < -0.4 is 15.8 Å². The fourth-order valence-corrected chi connectivity index (χ4v) is 1.76. The van der Waals surface area contributed by atoms with Crippen LogP contribution in [0.3, 0.4) is 0 Å². The van der Waals surface area contributed by atoms with E-state index in [1.165, 1.54) is 7.05 Å². The summed E-state index contributed by atoms with van der Waals surface area (Å²) in [6.07, 6.45) is -4.65. The van der Waals surface area contributed by atoms with Crippen LogP contribution in [0.15, 0.2) is 12.1 Å². The average Bonchev–Trinajstić information content (AvgIpc) is 2.23. The molecule has 1 aromatic rings. The second-order valence-corrected chi connectivity index (χ2v) is 4.36. The zero-order valence-electron chi connectivity index (χ0n) is 9.88. The van der Waals surface area contributed by atoms with Gasteiger partial charge in [0.2, 0.25) is 0 Å². The first-order valence-electron chi connectivity index (χ1n) is 5.29. The van der Waals surface area contributed by atoms with Gasteiger partial charge >= 0.3 is 6.18 Å². The third-order valence-electron chi connectivity index (χ3n) is 2.67. The molecule has 0 atom stereocenters. The van der Waals surface area contributed by atoms with Crippen LogP contribution in [0.25, 0.3) is 0 Å². The van der Waals surface area contributed by atoms with Gasteiger partial charge in [0.05, 0.1) is 18.7 Å². The lowest BCUT2D eigenvalue weighted by Gasteiger charge is -2.40. The summed E-state index contributed by atoms with van der Waals surface area (Å²) in [6, 6.07) is 1.88. The molecule has 0 bridgehead atoms. The van der Waals surface area contributed by atoms with Gasteiger partial charge in [0.1, 0.15) is 11.6 Å². The Kier molecular flexibility index (Phi) is 3.04. The van der Waals surface area contributed by atoms with Crippen molar-refractivity contribution in [3.8, 4) is 0 Å². The number of pyridine rings is 1. The highest BCUT2D eigenvalue weighted by molar-refractivity contribution is 5.56. The molecule has 0 unspecified atom stereocenters. The van der Waals surface area contributed by atoms with Crippen LogP contribution in [0.2, 0.25) is 0 Å². The molecule has 0 aromatic carbocycles. The normalized spacial score (nSPS) is 18.2. The van der Waals surface area contributed by atoms with Crippen molar-refractivity contribution < 1.29 is 22.0 Å². The Bertz CT molecular complexity index is 477. The largest absolute Gasteiger partial charge is 0.419 e. The Morgan fingerprint density at radius 1 is 1.32 bits per heavy atom. The van der Waals surface area contributed by atoms with E-state index < -0.39 is 36.6 Å². The summed E-state index contributed by atoms with van der Waals surface area (Å²) in [4.78, 5) is 4.58. The van der Waals surface area contributed by atoms with Gasteiger partial charge in [0.25, 0.3) is 5.92 Å². The van der Waals surface area contributed by atoms with E-state index in [9.17, 15) is 22.0 Å². The maximum absolute atomic E-state index is 12.8. The molecule has 1 fully saturated rings. The molecule has 1 aliphatic rings. The van der Waals surface area contributed by atoms with Crippen molar-refractivity contribution in [2.45, 2.75) is 12.1 Å². The molecule has 1 aromatic heterocycles. The highest BCUT2D eigenvalue weighted by Gasteiger charge is 2.47. The Labute approximate surface area is 105 Å². The number of aromatic nitrogens is 1. The van der Waals surface area contributed by atoms with Crippen LogP contribution in [0, 0.1) is 0 Å². The van der Waals surface area contributed by atoms with Gasteiger partial charge in [-0.25, -0.2) is 19.6 Å². The minimum absolute atomic E-state index is 0.0678. The highest BCUT2D eigenvalue weighted by atomic mass is 19.4. The van der Waals surface area contributed by atoms with Crippen LogP contribution in [-0.2, 0) is 6.18 Å². The van der Waals surface area contributed by atoms with Crippen molar-refractivity contribution in [2.24, 2.45) is 5.84 Å². The first-order chi connectivity index (χ1) is 8.60. The SMILES string of the molecule is CN(N)c1ccc(C(F)(F)F)c(N2CC(F)(F)C2)n1. The number of rotatable bonds is 2. The maximum atomic E-state index is 12.8. The molecule has 0 spiro atoms. The zero-order valence-corrected chi connectivity index (χ0v) is 9.88. The van der Waals surface area contributed by atoms with Gasteiger partial charge in [0.15, 0.2) is 0 Å². The first kappa shape index (κ1) is 13.8. The van der Waals surface area contributed by atoms with Gasteiger partial charge in [0, 0.05) is 7.05 Å². The molecule has 0 aliphatic carbocycles. The van der Waals surface area contributed by atoms with Gasteiger partial charge in [-0.2, -0.15) is 13.2 Å². The summed E-state index contributed by atoms with van der Waals surface area (Å²) in [5, 5.41) is 1.02. The molecule has 0 saturated carbocycles. The highest BCUT2D eigenvalue weighted by Crippen LogP contribution is 2.40. The van der Waals surface area contributed by atoms with Gasteiger partial charge < -0.3 is 4.90 Å². The lowest BCUT2D eigenvalue weighted by molar-refractivity contribution is -0.137. The molecule has 9 heteroatoms. The van der Waals surface area contributed by atoms with Gasteiger partial charge in [-0.05, 0) is 12.1 Å². The van der Waals surface area contributed by atoms with E-state index >= 15 is 0 Å². The molecule has 2 N–H and O–H groups in total. The molecule has 106 valence electrons. The van der Waals surface area contributed by atoms with Crippen molar-refractivity contribution in [1.82, 2.24) is 4.98 Å². The summed E-state index contributed by atoms with van der Waals surface area (Å²) in [5.41, 5.74) is -1.05. The summed E-state index contributed by atoms with van der Waals surface area (Å²) in [7, 11) is 1.39. The second kappa shape index (κ2) is 4.19. The zero-order chi connectivity index (χ0) is 14.4. The smallest absolute Gasteiger partial charge is 0.344 e. The Balaban J connectivity index is 2.40. The molecule has 2 rings (SSSR count). The van der Waals surface area contributed by atoms with Crippen LogP contribution in [0.4, 0.5) is 33.6 Å². The molecule has 1 saturated heterocycles. The minimum Gasteiger partial charge on any atom is -0.344 e. The molecule has 0 radical (unpaired) electrons. The van der Waals surface area contributed by atoms with Gasteiger partial charge in [-0.1, -0.05) is 0 Å². The van der Waals surface area contributed by atoms with Gasteiger partial charge in [-0.15, -0.1) is 0 Å². The monoisotopic (exact) mass is 282 g/mol. The van der Waals surface area contributed by atoms with Crippen molar-refractivity contribution >= 4 is 11.6 Å². The first-order valence-corrected chi connectivity index (χ1v) is 5.29. The fourth-order valence-electron chi connectivity index (χ4n) is 1.76. The molecule has 2 heterocycles. The Morgan fingerprint density at radius 3 is 2.32 bits per heavy atom. The number of nitrogens with two attached hydrogens (primary N) is 1. The molecule has 4 nitrogen and oxygen atoms in total. The number of anilines is 2. The number of halogens is 5. The van der Waals surface area contributed by atoms with Crippen molar-refractivity contribution in [1.29, 1.82) is 0 Å². The van der Waals surface area contributed by atoms with E-state index in [-0.39, 0.29) is 5.82 Å². The predicted molar refractivity (Wildman–Crippen MR) is 59.0 cm³/mol. The third kappa shape index (κ3) is 2.70. The lowest BCUT2D eigenvalue weighted by atomic mass is 10.1. The number of hydrogen-bond donors (Lipinski definition) is 1. The number of nitrogens with zero attached hydrogens (tertiary/aromatic N) is 3. The minimum atomic E-state index is -4.65. The summed E-state index contributed by atoms with van der Waals surface area (Å²) in [5.74, 6) is 1.95. The number of alkyl halides is 5. The van der Waals surface area contributed by atoms with E-state index in [0.29, 0.717) is 0 Å². The topological polar surface area (TPSA) is 45.4 Å². The molecular weight excluding hydrogens is 271 g/mol. The van der Waals surface area contributed by atoms with Crippen LogP contribution >= 0.6 is 0 Å². The second-order valence-electron chi connectivity index (χ2n) is 4.36. The van der Waals surface area contributed by atoms with E-state index in [4.69, 9.17) is 5.84 Å². The Hall–Kier alpha value is -1.64. The maximum Gasteiger partial charge on any atom is 0.419 e. The summed E-state index contributed by atoms with van der Waals surface area (Å²) < 4.78 is 63.9. The van der Waals surface area contributed by atoms with Crippen LogP contribution in [0.1, 0.15) is 5.56 Å². The van der Waals surface area contributed by atoms with Crippen molar-refractivity contribution in [3.63, 3.8) is 0 Å². The quantitative estimate of drug-likeness (QED) is 0.511. The lowest BCUT2D eigenvalue weighted by Crippen LogP contribution is -2.57. The molecule has 1 aliphatic heterocycles. The van der Waals surface area contributed by atoms with Crippen LogP contribution in [-0.4, -0.2) is 31.0 Å². The van der Waals surface area contributed by atoms with E-state index in [1.54, 1.807) is 0 Å². The fraction of sp³-hybridized carbons (Fsp3) is 0.500. The number of hydrazine groups is 1. The Morgan fingerprint density at radius 2 is 1.89 bits per heavy atom. The van der Waals surface area contributed by atoms with E-state index in [0.717, 1.165) is 22.0 Å². The average molecular weight is 282 g/mol. The number of hydrogen-bond acceptors (Lipinski definition) is 4. The molecular formula is C10H11F5N4. The third-order valence-corrected chi connectivity index (χ3v) is 2.67. The molecule has 0 amide bonds. The van der Waals surface area contributed by atoms with Crippen molar-refractivity contribution in [2.75, 3.05) is 30.0 Å². The predicted octanol–water partition coefficient (Wildman–Crippen LogP) is 1.87. The van der Waals surface area contributed by atoms with E-state index in [2.05, 4.69) is 4.98 Å². The van der Waals surface area contributed by atoms with Gasteiger partial charge in [-0.3, -0.25) is 5.01 Å². The van der Waals surface area contributed by atoms with Crippen LogP contribution in [0.5, 0.6) is 0 Å².